The summed E-state index contributed by atoms with van der Waals surface area (Å²) in [5.74, 6) is -0.273. The molecular weight excluding hydrogens is 216 g/mol. The molecule has 0 rings (SSSR count). The fourth-order valence-electron chi connectivity index (χ4n) is 1.32. The summed E-state index contributed by atoms with van der Waals surface area (Å²) in [7, 11) is 0. The Hall–Kier alpha value is -1.32. The van der Waals surface area contributed by atoms with Crippen molar-refractivity contribution in [3.63, 3.8) is 0 Å². The van der Waals surface area contributed by atoms with Crippen molar-refractivity contribution < 1.29 is 18.7 Å². The molecule has 4 heteroatoms. The van der Waals surface area contributed by atoms with E-state index in [9.17, 15) is 9.59 Å². The average Bonchev–Trinajstić information content (AvgIpc) is 2.31. The van der Waals surface area contributed by atoms with Crippen molar-refractivity contribution in [3.8, 4) is 0 Å². The smallest absolute Gasteiger partial charge is 0.220 e. The zero-order chi connectivity index (χ0) is 13.6. The van der Waals surface area contributed by atoms with E-state index in [1.807, 2.05) is 20.8 Å². The third kappa shape index (κ3) is 4.59. The van der Waals surface area contributed by atoms with Crippen molar-refractivity contribution in [1.82, 2.24) is 0 Å². The van der Waals surface area contributed by atoms with Crippen LogP contribution in [0.3, 0.4) is 0 Å². The predicted octanol–water partition coefficient (Wildman–Crippen LogP) is 1.45. The summed E-state index contributed by atoms with van der Waals surface area (Å²) in [6.07, 6.45) is 2.22. The van der Waals surface area contributed by atoms with Crippen LogP contribution in [0, 0.1) is 0 Å². The molecule has 2 amide bonds. The first-order valence-corrected chi connectivity index (χ1v) is 6.09. The number of nitrogens with zero attached hydrogens (tertiary/aromatic N) is 2. The topological polar surface area (TPSA) is 40.2 Å². The van der Waals surface area contributed by atoms with Gasteiger partial charge in [0.25, 0.3) is 6.04 Å². The summed E-state index contributed by atoms with van der Waals surface area (Å²) >= 11 is 0. The van der Waals surface area contributed by atoms with Gasteiger partial charge in [0, 0.05) is 6.92 Å². The second-order valence-electron chi connectivity index (χ2n) is 4.54. The van der Waals surface area contributed by atoms with Crippen LogP contribution in [0.25, 0.3) is 0 Å². The molecule has 0 aromatic heterocycles. The highest BCUT2D eigenvalue weighted by atomic mass is 16.2. The van der Waals surface area contributed by atoms with Gasteiger partial charge in [0.1, 0.15) is 13.4 Å². The molecule has 0 saturated heterocycles. The molecule has 0 saturated carbocycles. The van der Waals surface area contributed by atoms with Crippen LogP contribution in [0.2, 0.25) is 0 Å². The maximum atomic E-state index is 11.9. The molecule has 0 aromatic carbocycles. The molecule has 1 unspecified atom stereocenters. The summed E-state index contributed by atoms with van der Waals surface area (Å²) in [6.45, 7) is 14.8. The summed E-state index contributed by atoms with van der Waals surface area (Å²) in [5, 5.41) is 0. The minimum Gasteiger partial charge on any atom is -0.220 e. The molecule has 1 atom stereocenters. The summed E-state index contributed by atoms with van der Waals surface area (Å²) in [6, 6.07) is -0.539. The van der Waals surface area contributed by atoms with Crippen LogP contribution in [0.1, 0.15) is 47.0 Å². The van der Waals surface area contributed by atoms with Gasteiger partial charge >= 0.3 is 11.8 Å². The molecule has 0 aliphatic carbocycles. The lowest BCUT2D eigenvalue weighted by Crippen LogP contribution is -2.42. The predicted molar refractivity (Wildman–Crippen MR) is 68.9 cm³/mol. The molecule has 0 heterocycles. The van der Waals surface area contributed by atoms with Gasteiger partial charge in [0.2, 0.25) is 0 Å². The Morgan fingerprint density at radius 1 is 1.12 bits per heavy atom. The number of unbranched alkanes of at least 4 members (excludes halogenated alkanes) is 1. The number of rotatable bonds is 6. The van der Waals surface area contributed by atoms with E-state index in [0.717, 1.165) is 12.8 Å². The van der Waals surface area contributed by atoms with Gasteiger partial charge in [-0.05, 0) is 20.3 Å². The van der Waals surface area contributed by atoms with Crippen LogP contribution in [-0.2, 0) is 9.59 Å². The van der Waals surface area contributed by atoms with E-state index in [1.165, 1.54) is 9.15 Å². The van der Waals surface area contributed by atoms with Crippen LogP contribution >= 0.6 is 0 Å². The van der Waals surface area contributed by atoms with E-state index < -0.39 is 6.04 Å². The van der Waals surface area contributed by atoms with Crippen molar-refractivity contribution in [2.75, 3.05) is 0 Å². The largest absolute Gasteiger partial charge is 0.454 e. The normalized spacial score (nSPS) is 12.3. The molecule has 0 aliphatic rings. The molecule has 0 N–H and O–H groups in total. The first-order chi connectivity index (χ1) is 7.82. The fourth-order valence-corrected chi connectivity index (χ4v) is 1.32. The molecule has 0 bridgehead atoms. The summed E-state index contributed by atoms with van der Waals surface area (Å²) in [4.78, 5) is 23.6. The number of hydrogen-bond acceptors (Lipinski definition) is 2. The quantitative estimate of drug-likeness (QED) is 0.521. The van der Waals surface area contributed by atoms with E-state index in [4.69, 9.17) is 0 Å². The van der Waals surface area contributed by atoms with Crippen LogP contribution < -0.4 is 0 Å². The first-order valence-electron chi connectivity index (χ1n) is 6.09. The fraction of sp³-hybridized carbons (Fsp3) is 0.692. The number of amides is 2. The minimum absolute atomic E-state index is 0.0177. The van der Waals surface area contributed by atoms with Gasteiger partial charge in [-0.3, -0.25) is 0 Å². The van der Waals surface area contributed by atoms with Crippen molar-refractivity contribution in [2.24, 2.45) is 0 Å². The van der Waals surface area contributed by atoms with Crippen LogP contribution in [-0.4, -0.2) is 46.5 Å². The maximum absolute atomic E-state index is 11.9. The van der Waals surface area contributed by atoms with Crippen molar-refractivity contribution in [3.05, 3.63) is 0 Å². The van der Waals surface area contributed by atoms with E-state index in [1.54, 1.807) is 6.92 Å². The maximum Gasteiger partial charge on any atom is 0.454 e. The average molecular weight is 240 g/mol. The summed E-state index contributed by atoms with van der Waals surface area (Å²) in [5.41, 5.74) is 0. The van der Waals surface area contributed by atoms with Gasteiger partial charge in [-0.1, -0.05) is 13.3 Å². The SMILES string of the molecule is C=[N+](C(=O)C(C)[N+](=C)C(=O)CCCC)C(C)C. The molecular formula is C13H24N2O2+2. The Morgan fingerprint density at radius 2 is 1.65 bits per heavy atom. The standard InChI is InChI=1S/C13H24N2O2/c1-7-8-9-12(16)15(6)11(4)13(17)14(5)10(2)3/h10-11H,5-9H2,1-4H3/q+2. The molecule has 0 fully saturated rings. The molecule has 0 aromatic rings. The van der Waals surface area contributed by atoms with Gasteiger partial charge in [-0.25, -0.2) is 9.59 Å². The highest BCUT2D eigenvalue weighted by molar-refractivity contribution is 5.78. The van der Waals surface area contributed by atoms with Gasteiger partial charge in [-0.15, -0.1) is 0 Å². The minimum atomic E-state index is -0.556. The number of hydrogen-bond donors (Lipinski definition) is 0. The summed E-state index contributed by atoms with van der Waals surface area (Å²) < 4.78 is 2.65. The Kier molecular flexibility index (Phi) is 6.54. The monoisotopic (exact) mass is 240 g/mol. The first kappa shape index (κ1) is 15.7. The van der Waals surface area contributed by atoms with Crippen LogP contribution in [0.5, 0.6) is 0 Å². The van der Waals surface area contributed by atoms with E-state index in [0.29, 0.717) is 6.42 Å². The third-order valence-electron chi connectivity index (χ3n) is 2.80. The van der Waals surface area contributed by atoms with Gasteiger partial charge in [0.05, 0.1) is 6.42 Å². The molecule has 0 radical (unpaired) electrons. The van der Waals surface area contributed by atoms with Crippen molar-refractivity contribution in [1.29, 1.82) is 0 Å². The number of carbonyl (C=O) groups excluding carboxylic acids is 2. The molecule has 96 valence electrons. The second-order valence-corrected chi connectivity index (χ2v) is 4.54. The lowest BCUT2D eigenvalue weighted by Gasteiger charge is -2.07. The Labute approximate surface area is 104 Å². The zero-order valence-electron chi connectivity index (χ0n) is 11.4. The lowest BCUT2D eigenvalue weighted by atomic mass is 10.2. The number of carbonyl (C=O) groups is 2. The molecule has 0 aliphatic heterocycles. The van der Waals surface area contributed by atoms with E-state index >= 15 is 0 Å². The van der Waals surface area contributed by atoms with Gasteiger partial charge < -0.3 is 0 Å². The third-order valence-corrected chi connectivity index (χ3v) is 2.80. The van der Waals surface area contributed by atoms with E-state index in [-0.39, 0.29) is 17.9 Å². The van der Waals surface area contributed by atoms with Crippen molar-refractivity contribution >= 4 is 25.2 Å². The second kappa shape index (κ2) is 7.09. The highest BCUT2D eigenvalue weighted by Gasteiger charge is 2.36. The Bertz CT molecular complexity index is 332. The van der Waals surface area contributed by atoms with E-state index in [2.05, 4.69) is 13.4 Å². The van der Waals surface area contributed by atoms with Gasteiger partial charge in [0.15, 0.2) is 6.04 Å². The highest BCUT2D eigenvalue weighted by Crippen LogP contribution is 2.02. The Balaban J connectivity index is 4.55. The molecule has 17 heavy (non-hydrogen) atoms. The molecule has 0 spiro atoms. The molecule has 4 nitrogen and oxygen atoms in total. The lowest BCUT2D eigenvalue weighted by molar-refractivity contribution is -0.525. The zero-order valence-corrected chi connectivity index (χ0v) is 11.4. The van der Waals surface area contributed by atoms with Crippen LogP contribution in [0.4, 0.5) is 0 Å². The van der Waals surface area contributed by atoms with Crippen molar-refractivity contribution in [2.45, 2.75) is 59.0 Å². The van der Waals surface area contributed by atoms with Crippen LogP contribution in [0.15, 0.2) is 0 Å². The Morgan fingerprint density at radius 3 is 2.06 bits per heavy atom. The van der Waals surface area contributed by atoms with Gasteiger partial charge in [-0.2, -0.15) is 9.15 Å².